The Kier molecular flexibility index (Phi) is 5.70. The Bertz CT molecular complexity index is 1470. The lowest BCUT2D eigenvalue weighted by molar-refractivity contribution is -0.128. The van der Waals surface area contributed by atoms with Crippen molar-refractivity contribution in [2.75, 3.05) is 17.3 Å². The number of fused-ring (bicyclic) bond motifs is 5. The van der Waals surface area contributed by atoms with Gasteiger partial charge in [-0.3, -0.25) is 14.4 Å². The molecule has 3 aromatic carbocycles. The summed E-state index contributed by atoms with van der Waals surface area (Å²) >= 11 is 12.2. The van der Waals surface area contributed by atoms with Gasteiger partial charge in [0, 0.05) is 16.2 Å². The summed E-state index contributed by atoms with van der Waals surface area (Å²) in [5.41, 5.74) is 2.66. The van der Waals surface area contributed by atoms with E-state index in [0.717, 1.165) is 11.1 Å². The summed E-state index contributed by atoms with van der Waals surface area (Å²) in [5.74, 6) is -2.40. The van der Waals surface area contributed by atoms with E-state index in [1.165, 1.54) is 12.0 Å². The zero-order chi connectivity index (χ0) is 25.8. The van der Waals surface area contributed by atoms with Crippen LogP contribution in [0.2, 0.25) is 10.0 Å². The summed E-state index contributed by atoms with van der Waals surface area (Å²) in [6.45, 7) is 0. The Labute approximate surface area is 223 Å². The highest BCUT2D eigenvalue weighted by atomic mass is 35.5. The third-order valence-corrected chi connectivity index (χ3v) is 7.72. The topological polar surface area (TPSA) is 79.0 Å². The second-order valence-corrected chi connectivity index (χ2v) is 10.0. The Morgan fingerprint density at radius 1 is 0.919 bits per heavy atom. The van der Waals surface area contributed by atoms with Crippen molar-refractivity contribution in [3.8, 4) is 5.75 Å². The number of carbonyl (C=O) groups is 3. The first-order valence-corrected chi connectivity index (χ1v) is 12.5. The maximum atomic E-state index is 13.9. The normalized spacial score (nSPS) is 23.5. The van der Waals surface area contributed by atoms with Crippen molar-refractivity contribution in [3.63, 3.8) is 0 Å². The Hall–Kier alpha value is -3.81. The van der Waals surface area contributed by atoms with Gasteiger partial charge in [0.05, 0.1) is 36.4 Å². The van der Waals surface area contributed by atoms with Gasteiger partial charge in [0.15, 0.2) is 0 Å². The molecule has 3 heterocycles. The monoisotopic (exact) mass is 533 g/mol. The van der Waals surface area contributed by atoms with Gasteiger partial charge in [-0.2, -0.15) is 0 Å². The van der Waals surface area contributed by atoms with Crippen LogP contribution in [0.1, 0.15) is 17.2 Å². The van der Waals surface area contributed by atoms with Crippen molar-refractivity contribution in [1.29, 1.82) is 0 Å². The minimum atomic E-state index is -0.933. The summed E-state index contributed by atoms with van der Waals surface area (Å²) in [7, 11) is 1.49. The fourth-order valence-corrected chi connectivity index (χ4v) is 5.98. The number of ether oxygens (including phenoxy) is 1. The molecule has 0 spiro atoms. The molecule has 3 aromatic rings. The lowest BCUT2D eigenvalue weighted by Crippen LogP contribution is -2.46. The third-order valence-electron chi connectivity index (χ3n) is 7.23. The van der Waals surface area contributed by atoms with E-state index in [2.05, 4.69) is 5.32 Å². The fourth-order valence-electron chi connectivity index (χ4n) is 5.69. The molecule has 4 atom stereocenters. The molecule has 9 heteroatoms. The summed E-state index contributed by atoms with van der Waals surface area (Å²) in [6, 6.07) is 17.7. The predicted molar refractivity (Wildman–Crippen MR) is 141 cm³/mol. The van der Waals surface area contributed by atoms with Crippen LogP contribution in [-0.2, 0) is 14.4 Å². The van der Waals surface area contributed by atoms with Gasteiger partial charge in [-0.05, 0) is 59.7 Å². The lowest BCUT2D eigenvalue weighted by atomic mass is 9.84. The standard InChI is InChI=1S/C28H21Cl2N3O4/c1-37-21-11-8-17(30)14-20(21)31-26(34)25-23-22(24-19-5-3-2-4-15(19)12-13-32(24)25)27(35)33(28(23)36)18-9-6-16(29)7-10-18/h2-14,22-25H,1H3,(H,31,34). The van der Waals surface area contributed by atoms with Crippen LogP contribution in [0.4, 0.5) is 11.4 Å². The molecular weight excluding hydrogens is 513 g/mol. The number of methoxy groups -OCH3 is 1. The molecule has 0 radical (unpaired) electrons. The van der Waals surface area contributed by atoms with Gasteiger partial charge in [0.1, 0.15) is 11.8 Å². The van der Waals surface area contributed by atoms with Gasteiger partial charge in [0.25, 0.3) is 0 Å². The molecule has 2 fully saturated rings. The molecule has 1 N–H and O–H groups in total. The number of halogens is 2. The Morgan fingerprint density at radius 2 is 1.62 bits per heavy atom. The number of benzene rings is 3. The summed E-state index contributed by atoms with van der Waals surface area (Å²) in [4.78, 5) is 44.6. The minimum Gasteiger partial charge on any atom is -0.495 e. The number of nitrogens with zero attached hydrogens (tertiary/aromatic N) is 2. The number of rotatable bonds is 4. The van der Waals surface area contributed by atoms with Gasteiger partial charge in [-0.25, -0.2) is 4.90 Å². The van der Waals surface area contributed by atoms with E-state index in [0.29, 0.717) is 27.2 Å². The minimum absolute atomic E-state index is 0.340. The zero-order valence-electron chi connectivity index (χ0n) is 19.6. The van der Waals surface area contributed by atoms with Gasteiger partial charge < -0.3 is 15.0 Å². The molecule has 3 aliphatic heterocycles. The molecule has 4 unspecified atom stereocenters. The summed E-state index contributed by atoms with van der Waals surface area (Å²) < 4.78 is 5.39. The van der Waals surface area contributed by atoms with E-state index in [-0.39, 0.29) is 5.91 Å². The summed E-state index contributed by atoms with van der Waals surface area (Å²) in [5, 5.41) is 3.80. The first-order chi connectivity index (χ1) is 17.9. The smallest absolute Gasteiger partial charge is 0.248 e. The van der Waals surface area contributed by atoms with Gasteiger partial charge in [-0.15, -0.1) is 0 Å². The average molecular weight is 534 g/mol. The maximum absolute atomic E-state index is 13.9. The molecule has 6 rings (SSSR count). The van der Waals surface area contributed by atoms with Crippen LogP contribution in [0.5, 0.6) is 5.75 Å². The number of amides is 3. The molecule has 0 bridgehead atoms. The van der Waals surface area contributed by atoms with Crippen molar-refractivity contribution in [2.24, 2.45) is 11.8 Å². The van der Waals surface area contributed by atoms with Crippen molar-refractivity contribution < 1.29 is 19.1 Å². The number of carbonyl (C=O) groups excluding carboxylic acids is 3. The molecule has 2 saturated heterocycles. The first-order valence-electron chi connectivity index (χ1n) is 11.7. The van der Waals surface area contributed by atoms with E-state index < -0.39 is 35.7 Å². The number of hydrogen-bond donors (Lipinski definition) is 1. The fraction of sp³-hybridized carbons (Fsp3) is 0.179. The van der Waals surface area contributed by atoms with Crippen molar-refractivity contribution in [1.82, 2.24) is 4.90 Å². The first kappa shape index (κ1) is 23.6. The second kappa shape index (κ2) is 8.94. The quantitative estimate of drug-likeness (QED) is 0.469. The molecule has 0 aliphatic carbocycles. The van der Waals surface area contributed by atoms with Crippen LogP contribution in [0.3, 0.4) is 0 Å². The lowest BCUT2D eigenvalue weighted by Gasteiger charge is -2.35. The van der Waals surface area contributed by atoms with Gasteiger partial charge in [-0.1, -0.05) is 47.5 Å². The van der Waals surface area contributed by atoms with E-state index in [1.54, 1.807) is 48.7 Å². The van der Waals surface area contributed by atoms with E-state index in [1.807, 2.05) is 35.2 Å². The van der Waals surface area contributed by atoms with Crippen molar-refractivity contribution >= 4 is 58.4 Å². The van der Waals surface area contributed by atoms with E-state index >= 15 is 0 Å². The highest BCUT2D eigenvalue weighted by Crippen LogP contribution is 2.53. The second-order valence-electron chi connectivity index (χ2n) is 9.16. The largest absolute Gasteiger partial charge is 0.495 e. The summed E-state index contributed by atoms with van der Waals surface area (Å²) in [6.07, 6.45) is 3.71. The molecule has 186 valence electrons. The molecule has 0 saturated carbocycles. The molecule has 0 aromatic heterocycles. The Morgan fingerprint density at radius 3 is 2.38 bits per heavy atom. The van der Waals surface area contributed by atoms with Crippen LogP contribution in [0.15, 0.2) is 72.9 Å². The molecule has 37 heavy (non-hydrogen) atoms. The van der Waals surface area contributed by atoms with Crippen LogP contribution in [0.25, 0.3) is 6.08 Å². The molecule has 3 amide bonds. The maximum Gasteiger partial charge on any atom is 0.248 e. The van der Waals surface area contributed by atoms with Crippen LogP contribution >= 0.6 is 23.2 Å². The SMILES string of the molecule is COc1ccc(Cl)cc1NC(=O)C1C2C(=O)N(c3ccc(Cl)cc3)C(=O)C2C2c3ccccc3C=CN12. The number of imide groups is 1. The number of nitrogens with one attached hydrogen (secondary N) is 1. The average Bonchev–Trinajstić information content (AvgIpc) is 3.37. The van der Waals surface area contributed by atoms with Gasteiger partial charge >= 0.3 is 0 Å². The highest BCUT2D eigenvalue weighted by Gasteiger charge is 2.64. The predicted octanol–water partition coefficient (Wildman–Crippen LogP) is 5.16. The van der Waals surface area contributed by atoms with E-state index in [4.69, 9.17) is 27.9 Å². The van der Waals surface area contributed by atoms with Crippen LogP contribution in [-0.4, -0.2) is 35.8 Å². The van der Waals surface area contributed by atoms with Crippen molar-refractivity contribution in [2.45, 2.75) is 12.1 Å². The van der Waals surface area contributed by atoms with Gasteiger partial charge in [0.2, 0.25) is 17.7 Å². The zero-order valence-corrected chi connectivity index (χ0v) is 21.1. The number of anilines is 2. The molecule has 7 nitrogen and oxygen atoms in total. The Balaban J connectivity index is 1.44. The third kappa shape index (κ3) is 3.69. The van der Waals surface area contributed by atoms with Crippen LogP contribution < -0.4 is 15.0 Å². The van der Waals surface area contributed by atoms with Crippen molar-refractivity contribution in [3.05, 3.63) is 94.1 Å². The molecule has 3 aliphatic rings. The highest BCUT2D eigenvalue weighted by molar-refractivity contribution is 6.31. The number of hydrogen-bond acceptors (Lipinski definition) is 5. The van der Waals surface area contributed by atoms with E-state index in [9.17, 15) is 14.4 Å². The molecular formula is C28H21Cl2N3O4. The van der Waals surface area contributed by atoms with Crippen LogP contribution in [0, 0.1) is 11.8 Å².